The predicted octanol–water partition coefficient (Wildman–Crippen LogP) is 11.8. The summed E-state index contributed by atoms with van der Waals surface area (Å²) in [6.45, 7) is 42.8. The molecule has 5 heteroatoms. The van der Waals surface area contributed by atoms with Gasteiger partial charge in [-0.3, -0.25) is 0 Å². The molecule has 0 atom stereocenters. The number of ether oxygens (including phenoxy) is 1. The van der Waals surface area contributed by atoms with E-state index in [4.69, 9.17) is 4.74 Å². The standard InChI is InChI=1S/C13H28O.C12H18.C8H18.C6H13NO2S/c1-11(2)14-10-13(6,7)9-8-12(3,4)5;1-9(2)11-6-5-7-12(8-11)10(3)4;1-7(2,3)8(4,5)6;1-5(2)7-10(8,9)6-3-4-6/h11H,8-10H2,1-7H3;5-10H,1-4H3;1-6H3;5-7H,3-4H2,1-2H3. The van der Waals surface area contributed by atoms with Gasteiger partial charge in [0.25, 0.3) is 0 Å². The Bertz CT molecular complexity index is 962. The second-order valence-electron chi connectivity index (χ2n) is 18.1. The number of hydrogen-bond donors (Lipinski definition) is 1. The number of rotatable bonds is 10. The van der Waals surface area contributed by atoms with Gasteiger partial charge in [-0.1, -0.05) is 128 Å². The van der Waals surface area contributed by atoms with Gasteiger partial charge in [-0.25, -0.2) is 13.1 Å². The maximum Gasteiger partial charge on any atom is 0.214 e. The summed E-state index contributed by atoms with van der Waals surface area (Å²) in [7, 11) is -2.94. The highest BCUT2D eigenvalue weighted by Crippen LogP contribution is 2.36. The van der Waals surface area contributed by atoms with Crippen LogP contribution in [-0.4, -0.2) is 32.4 Å². The first kappa shape index (κ1) is 45.2. The Morgan fingerprint density at radius 2 is 1.14 bits per heavy atom. The topological polar surface area (TPSA) is 55.4 Å². The molecule has 4 nitrogen and oxygen atoms in total. The molecule has 0 aliphatic heterocycles. The second-order valence-corrected chi connectivity index (χ2v) is 20.1. The van der Waals surface area contributed by atoms with E-state index in [0.29, 0.717) is 39.6 Å². The number of hydrogen-bond acceptors (Lipinski definition) is 3. The van der Waals surface area contributed by atoms with Gasteiger partial charge in [-0.15, -0.1) is 0 Å². The summed E-state index contributed by atoms with van der Waals surface area (Å²) in [5.41, 5.74) is 4.52. The van der Waals surface area contributed by atoms with E-state index in [9.17, 15) is 8.42 Å². The lowest BCUT2D eigenvalue weighted by Crippen LogP contribution is -2.32. The van der Waals surface area contributed by atoms with Crippen LogP contribution in [0.25, 0.3) is 0 Å². The van der Waals surface area contributed by atoms with E-state index in [-0.39, 0.29) is 11.3 Å². The van der Waals surface area contributed by atoms with Crippen molar-refractivity contribution in [3.05, 3.63) is 35.4 Å². The Morgan fingerprint density at radius 1 is 0.727 bits per heavy atom. The third-order valence-electron chi connectivity index (χ3n) is 8.22. The summed E-state index contributed by atoms with van der Waals surface area (Å²) in [6.07, 6.45) is 4.53. The molecule has 0 radical (unpaired) electrons. The largest absolute Gasteiger partial charge is 0.378 e. The van der Waals surface area contributed by atoms with Crippen molar-refractivity contribution >= 4 is 10.0 Å². The van der Waals surface area contributed by atoms with Crippen molar-refractivity contribution in [2.45, 2.75) is 186 Å². The summed E-state index contributed by atoms with van der Waals surface area (Å²) >= 11 is 0. The maximum atomic E-state index is 11.1. The average Bonchev–Trinajstić information content (AvgIpc) is 3.67. The highest BCUT2D eigenvalue weighted by Gasteiger charge is 2.35. The molecule has 1 aliphatic carbocycles. The van der Waals surface area contributed by atoms with Crippen LogP contribution in [0.4, 0.5) is 0 Å². The molecule has 1 aliphatic rings. The number of benzene rings is 1. The molecule has 262 valence electrons. The normalized spacial score (nSPS) is 14.5. The van der Waals surface area contributed by atoms with E-state index < -0.39 is 10.0 Å². The molecule has 0 bridgehead atoms. The molecule has 0 aromatic heterocycles. The van der Waals surface area contributed by atoms with Crippen molar-refractivity contribution in [3.8, 4) is 0 Å². The summed E-state index contributed by atoms with van der Waals surface area (Å²) in [5, 5.41) is -0.0881. The van der Waals surface area contributed by atoms with Gasteiger partial charge in [-0.2, -0.15) is 0 Å². The van der Waals surface area contributed by atoms with Crippen LogP contribution in [0.3, 0.4) is 0 Å². The number of nitrogens with one attached hydrogen (secondary N) is 1. The van der Waals surface area contributed by atoms with Gasteiger partial charge >= 0.3 is 0 Å². The molecule has 0 amide bonds. The van der Waals surface area contributed by atoms with Gasteiger partial charge in [0.15, 0.2) is 0 Å². The van der Waals surface area contributed by atoms with E-state index in [0.717, 1.165) is 19.4 Å². The molecular formula is C39H77NO3S. The average molecular weight is 640 g/mol. The first-order valence-corrected chi connectivity index (χ1v) is 18.8. The Hall–Kier alpha value is -0.910. The van der Waals surface area contributed by atoms with Crippen LogP contribution in [0.2, 0.25) is 0 Å². The van der Waals surface area contributed by atoms with Crippen LogP contribution < -0.4 is 4.72 Å². The molecule has 1 N–H and O–H groups in total. The highest BCUT2D eigenvalue weighted by atomic mass is 32.2. The second kappa shape index (κ2) is 19.0. The minimum atomic E-state index is -2.94. The zero-order chi connectivity index (χ0) is 35.3. The van der Waals surface area contributed by atoms with Gasteiger partial charge < -0.3 is 4.74 Å². The third kappa shape index (κ3) is 23.4. The fourth-order valence-electron chi connectivity index (χ4n) is 3.26. The molecule has 0 heterocycles. The van der Waals surface area contributed by atoms with Crippen LogP contribution in [0, 0.1) is 21.7 Å². The number of sulfonamides is 1. The van der Waals surface area contributed by atoms with Gasteiger partial charge in [0.1, 0.15) is 0 Å². The van der Waals surface area contributed by atoms with E-state index >= 15 is 0 Å². The SMILES string of the molecule is CC(C)(C)C(C)(C)C.CC(C)NS(=O)(=O)C1CC1.CC(C)OCC(C)(C)CCC(C)(C)C.CC(C)c1cccc(C(C)C)c1. The van der Waals surface area contributed by atoms with Crippen LogP contribution in [0.1, 0.15) is 180 Å². The summed E-state index contributed by atoms with van der Waals surface area (Å²) in [5.74, 6) is 1.28. The smallest absolute Gasteiger partial charge is 0.214 e. The predicted molar refractivity (Wildman–Crippen MR) is 197 cm³/mol. The summed E-state index contributed by atoms with van der Waals surface area (Å²) < 4.78 is 30.4. The van der Waals surface area contributed by atoms with Crippen molar-refractivity contribution in [3.63, 3.8) is 0 Å². The van der Waals surface area contributed by atoms with Crippen molar-refractivity contribution in [1.82, 2.24) is 4.72 Å². The molecule has 1 aromatic rings. The maximum absolute atomic E-state index is 11.1. The molecule has 1 fully saturated rings. The molecule has 1 saturated carbocycles. The lowest BCUT2D eigenvalue weighted by molar-refractivity contribution is 0.0142. The molecule has 0 unspecified atom stereocenters. The van der Waals surface area contributed by atoms with Gasteiger partial charge in [0, 0.05) is 6.04 Å². The van der Waals surface area contributed by atoms with Gasteiger partial charge in [0.2, 0.25) is 10.0 Å². The zero-order valence-electron chi connectivity index (χ0n) is 32.9. The van der Waals surface area contributed by atoms with E-state index in [1.54, 1.807) is 0 Å². The minimum absolute atomic E-state index is 0.0330. The van der Waals surface area contributed by atoms with Gasteiger partial charge in [0.05, 0.1) is 18.0 Å². The lowest BCUT2D eigenvalue weighted by atomic mass is 9.71. The third-order valence-corrected chi connectivity index (χ3v) is 10.4. The molecule has 2 rings (SSSR count). The van der Waals surface area contributed by atoms with Crippen molar-refractivity contribution in [2.75, 3.05) is 6.61 Å². The lowest BCUT2D eigenvalue weighted by Gasteiger charge is -2.34. The van der Waals surface area contributed by atoms with Crippen LogP contribution in [-0.2, 0) is 14.8 Å². The van der Waals surface area contributed by atoms with E-state index in [2.05, 4.69) is 147 Å². The zero-order valence-corrected chi connectivity index (χ0v) is 33.7. The Kier molecular flexibility index (Phi) is 19.6. The van der Waals surface area contributed by atoms with Gasteiger partial charge in [-0.05, 0) is 98.0 Å². The summed E-state index contributed by atoms with van der Waals surface area (Å²) in [6, 6.07) is 8.91. The fraction of sp³-hybridized carbons (Fsp3) is 0.846. The molecule has 44 heavy (non-hydrogen) atoms. The molecule has 0 saturated heterocycles. The fourth-order valence-corrected chi connectivity index (χ4v) is 4.86. The first-order valence-electron chi connectivity index (χ1n) is 17.2. The Labute approximate surface area is 277 Å². The van der Waals surface area contributed by atoms with Crippen molar-refractivity contribution in [2.24, 2.45) is 21.7 Å². The Balaban J connectivity index is 0. The van der Waals surface area contributed by atoms with Crippen LogP contribution in [0.5, 0.6) is 0 Å². The van der Waals surface area contributed by atoms with Crippen molar-refractivity contribution < 1.29 is 13.2 Å². The van der Waals surface area contributed by atoms with E-state index in [1.807, 2.05) is 13.8 Å². The Morgan fingerprint density at radius 3 is 1.41 bits per heavy atom. The minimum Gasteiger partial charge on any atom is -0.378 e. The molecule has 1 aromatic carbocycles. The summed E-state index contributed by atoms with van der Waals surface area (Å²) in [4.78, 5) is 0. The quantitative estimate of drug-likeness (QED) is 0.277. The monoisotopic (exact) mass is 640 g/mol. The van der Waals surface area contributed by atoms with Crippen LogP contribution in [0.15, 0.2) is 24.3 Å². The molecule has 0 spiro atoms. The molecular weight excluding hydrogens is 563 g/mol. The van der Waals surface area contributed by atoms with Crippen molar-refractivity contribution in [1.29, 1.82) is 0 Å². The van der Waals surface area contributed by atoms with E-state index in [1.165, 1.54) is 24.0 Å². The first-order chi connectivity index (χ1) is 19.5. The van der Waals surface area contributed by atoms with Crippen LogP contribution >= 0.6 is 0 Å². The highest BCUT2D eigenvalue weighted by molar-refractivity contribution is 7.90.